The summed E-state index contributed by atoms with van der Waals surface area (Å²) in [5, 5.41) is 0. The average molecular weight is 354 g/mol. The van der Waals surface area contributed by atoms with E-state index in [2.05, 4.69) is 55.7 Å². The fraction of sp³-hybridized carbons (Fsp3) is 0.652. The highest BCUT2D eigenvalue weighted by Gasteiger charge is 2.49. The summed E-state index contributed by atoms with van der Waals surface area (Å²) >= 11 is 0. The van der Waals surface area contributed by atoms with Gasteiger partial charge in [-0.15, -0.1) is 0 Å². The molecule has 0 N–H and O–H groups in total. The highest BCUT2D eigenvalue weighted by atomic mass is 16.5. The molecule has 0 unspecified atom stereocenters. The van der Waals surface area contributed by atoms with Crippen molar-refractivity contribution in [3.05, 3.63) is 29.8 Å². The van der Waals surface area contributed by atoms with Crippen molar-refractivity contribution in [1.82, 2.24) is 4.90 Å². The summed E-state index contributed by atoms with van der Waals surface area (Å²) in [5.74, 6) is 8.24. The number of hydrogen-bond donors (Lipinski definition) is 0. The van der Waals surface area contributed by atoms with Crippen LogP contribution in [0.4, 0.5) is 0 Å². The van der Waals surface area contributed by atoms with Crippen LogP contribution in [-0.4, -0.2) is 35.7 Å². The van der Waals surface area contributed by atoms with Gasteiger partial charge in [0.05, 0.1) is 12.6 Å². The van der Waals surface area contributed by atoms with E-state index in [1.165, 1.54) is 37.9 Å². The van der Waals surface area contributed by atoms with Crippen molar-refractivity contribution in [3.63, 3.8) is 0 Å². The van der Waals surface area contributed by atoms with E-state index in [0.29, 0.717) is 5.92 Å². The van der Waals surface area contributed by atoms with Crippen molar-refractivity contribution in [1.29, 1.82) is 0 Å². The second kappa shape index (κ2) is 6.91. The maximum Gasteiger partial charge on any atom is 0.126 e. The Morgan fingerprint density at radius 2 is 1.88 bits per heavy atom. The summed E-state index contributed by atoms with van der Waals surface area (Å²) in [4.78, 5) is 2.47. The van der Waals surface area contributed by atoms with E-state index in [-0.39, 0.29) is 17.3 Å². The van der Waals surface area contributed by atoms with E-state index in [1.54, 1.807) is 0 Å². The molecule has 2 saturated heterocycles. The Morgan fingerprint density at radius 3 is 2.69 bits per heavy atom. The van der Waals surface area contributed by atoms with Gasteiger partial charge in [-0.2, -0.15) is 0 Å². The van der Waals surface area contributed by atoms with Gasteiger partial charge in [0.25, 0.3) is 0 Å². The monoisotopic (exact) mass is 353 g/mol. The molecule has 2 fully saturated rings. The van der Waals surface area contributed by atoms with E-state index < -0.39 is 0 Å². The highest BCUT2D eigenvalue weighted by Crippen LogP contribution is 2.52. The second-order valence-electron chi connectivity index (χ2n) is 8.80. The average Bonchev–Trinajstić information content (AvgIpc) is 2.62. The molecule has 3 nitrogen and oxygen atoms in total. The number of hydrogen-bond acceptors (Lipinski definition) is 3. The fourth-order valence-electron chi connectivity index (χ4n) is 4.71. The van der Waals surface area contributed by atoms with Gasteiger partial charge in [0.2, 0.25) is 0 Å². The van der Waals surface area contributed by atoms with E-state index in [0.717, 1.165) is 25.1 Å². The van der Waals surface area contributed by atoms with Gasteiger partial charge in [-0.1, -0.05) is 36.5 Å². The summed E-state index contributed by atoms with van der Waals surface area (Å²) in [6.45, 7) is 9.80. The predicted molar refractivity (Wildman–Crippen MR) is 104 cm³/mol. The molecule has 140 valence electrons. The normalized spacial score (nSPS) is 33.2. The standard InChI is InChI=1S/C23H31NO2/c1-22(2)19-12-14-23(3,13-9-17-24-15-7-4-8-16-24)26-21(19)18-10-5-6-11-20(18)25-22/h5-6,10-11,19,21H,4,7-8,12,14-17H2,1-3H3/t19-,21-,23-/m1/s1. The molecule has 1 aromatic carbocycles. The third-order valence-electron chi connectivity index (χ3n) is 6.28. The van der Waals surface area contributed by atoms with Crippen LogP contribution >= 0.6 is 0 Å². The Bertz CT molecular complexity index is 710. The van der Waals surface area contributed by atoms with Crippen LogP contribution in [0.3, 0.4) is 0 Å². The summed E-state index contributed by atoms with van der Waals surface area (Å²) in [5.41, 5.74) is 0.611. The number of likely N-dealkylation sites (tertiary alicyclic amines) is 1. The van der Waals surface area contributed by atoms with Gasteiger partial charge in [0.15, 0.2) is 0 Å². The van der Waals surface area contributed by atoms with Gasteiger partial charge in [-0.25, -0.2) is 0 Å². The molecular weight excluding hydrogens is 322 g/mol. The smallest absolute Gasteiger partial charge is 0.126 e. The highest BCUT2D eigenvalue weighted by molar-refractivity contribution is 5.39. The maximum atomic E-state index is 6.66. The first kappa shape index (κ1) is 17.9. The first-order valence-electron chi connectivity index (χ1n) is 10.2. The Labute approximate surface area is 158 Å². The van der Waals surface area contributed by atoms with Crippen molar-refractivity contribution in [2.45, 2.75) is 70.2 Å². The molecule has 3 heteroatoms. The zero-order valence-electron chi connectivity index (χ0n) is 16.4. The van der Waals surface area contributed by atoms with Crippen LogP contribution in [-0.2, 0) is 4.74 Å². The number of nitrogens with zero attached hydrogens (tertiary/aromatic N) is 1. The van der Waals surface area contributed by atoms with E-state index in [1.807, 2.05) is 6.07 Å². The third-order valence-corrected chi connectivity index (χ3v) is 6.28. The van der Waals surface area contributed by atoms with Crippen LogP contribution in [0.2, 0.25) is 0 Å². The first-order valence-corrected chi connectivity index (χ1v) is 10.2. The molecule has 3 atom stereocenters. The summed E-state index contributed by atoms with van der Waals surface area (Å²) in [6.07, 6.45) is 6.11. The van der Waals surface area contributed by atoms with Crippen molar-refractivity contribution < 1.29 is 9.47 Å². The van der Waals surface area contributed by atoms with Crippen molar-refractivity contribution in [3.8, 4) is 17.6 Å². The third kappa shape index (κ3) is 3.50. The van der Waals surface area contributed by atoms with Crippen LogP contribution < -0.4 is 4.74 Å². The van der Waals surface area contributed by atoms with E-state index >= 15 is 0 Å². The molecule has 1 aromatic rings. The number of para-hydroxylation sites is 1. The van der Waals surface area contributed by atoms with E-state index in [4.69, 9.17) is 9.47 Å². The van der Waals surface area contributed by atoms with Crippen LogP contribution in [0.1, 0.15) is 64.5 Å². The molecule has 3 aliphatic rings. The van der Waals surface area contributed by atoms with Crippen LogP contribution in [0.25, 0.3) is 0 Å². The minimum atomic E-state index is -0.364. The van der Waals surface area contributed by atoms with Crippen LogP contribution in [0, 0.1) is 17.8 Å². The van der Waals surface area contributed by atoms with Gasteiger partial charge in [-0.05, 0) is 65.6 Å². The Hall–Kier alpha value is -1.50. The molecule has 0 bridgehead atoms. The number of piperidine rings is 1. The molecule has 0 radical (unpaired) electrons. The van der Waals surface area contributed by atoms with Crippen LogP contribution in [0.15, 0.2) is 24.3 Å². The molecule has 4 rings (SSSR count). The molecule has 0 amide bonds. The number of rotatable bonds is 1. The Morgan fingerprint density at radius 1 is 1.12 bits per heavy atom. The van der Waals surface area contributed by atoms with Gasteiger partial charge < -0.3 is 9.47 Å². The Balaban J connectivity index is 1.52. The lowest BCUT2D eigenvalue weighted by Gasteiger charge is -2.50. The minimum Gasteiger partial charge on any atom is -0.487 e. The zero-order valence-corrected chi connectivity index (χ0v) is 16.4. The summed E-state index contributed by atoms with van der Waals surface area (Å²) in [7, 11) is 0. The molecular formula is C23H31NO2. The van der Waals surface area contributed by atoms with Gasteiger partial charge in [0.1, 0.15) is 17.0 Å². The SMILES string of the molecule is CC1(C)Oc2ccccc2[C@H]2O[C@](C)(C#CCN3CCCCC3)CC[C@H]21. The molecule has 3 aliphatic heterocycles. The van der Waals surface area contributed by atoms with Gasteiger partial charge in [0, 0.05) is 11.5 Å². The topological polar surface area (TPSA) is 21.7 Å². The zero-order chi connectivity index (χ0) is 18.2. The molecule has 0 spiro atoms. The molecule has 0 saturated carbocycles. The summed E-state index contributed by atoms with van der Waals surface area (Å²) < 4.78 is 13.0. The van der Waals surface area contributed by atoms with Gasteiger partial charge in [-0.3, -0.25) is 4.90 Å². The van der Waals surface area contributed by atoms with Crippen molar-refractivity contribution in [2.75, 3.05) is 19.6 Å². The lowest BCUT2D eigenvalue weighted by Crippen LogP contribution is -2.50. The molecule has 0 aromatic heterocycles. The van der Waals surface area contributed by atoms with Gasteiger partial charge >= 0.3 is 0 Å². The quantitative estimate of drug-likeness (QED) is 0.690. The predicted octanol–water partition coefficient (Wildman–Crippen LogP) is 4.57. The largest absolute Gasteiger partial charge is 0.487 e. The number of fused-ring (bicyclic) bond motifs is 3. The van der Waals surface area contributed by atoms with Crippen LogP contribution in [0.5, 0.6) is 5.75 Å². The summed E-state index contributed by atoms with van der Waals surface area (Å²) in [6, 6.07) is 8.32. The molecule has 0 aliphatic carbocycles. The lowest BCUT2D eigenvalue weighted by atomic mass is 9.73. The lowest BCUT2D eigenvalue weighted by molar-refractivity contribution is -0.169. The van der Waals surface area contributed by atoms with Crippen molar-refractivity contribution >= 4 is 0 Å². The molecule has 3 heterocycles. The first-order chi connectivity index (χ1) is 12.5. The molecule has 26 heavy (non-hydrogen) atoms. The van der Waals surface area contributed by atoms with Crippen molar-refractivity contribution in [2.24, 2.45) is 5.92 Å². The second-order valence-corrected chi connectivity index (χ2v) is 8.80. The number of benzene rings is 1. The minimum absolute atomic E-state index is 0.0676. The number of ether oxygens (including phenoxy) is 2. The maximum absolute atomic E-state index is 6.66. The fourth-order valence-corrected chi connectivity index (χ4v) is 4.71. The van der Waals surface area contributed by atoms with E-state index in [9.17, 15) is 0 Å². The Kier molecular flexibility index (Phi) is 4.75.